The molecule has 24 heavy (non-hydrogen) atoms. The third-order valence-electron chi connectivity index (χ3n) is 4.95. The Labute approximate surface area is 147 Å². The second-order valence-electron chi connectivity index (χ2n) is 6.72. The third kappa shape index (κ3) is 4.04. The van der Waals surface area contributed by atoms with Crippen LogP contribution in [0.5, 0.6) is 0 Å². The Morgan fingerprint density at radius 3 is 2.21 bits per heavy atom. The molecule has 0 N–H and O–H groups in total. The van der Waals surface area contributed by atoms with Crippen molar-refractivity contribution in [3.63, 3.8) is 0 Å². The number of carbonyl (C=O) groups is 3. The van der Waals surface area contributed by atoms with Crippen molar-refractivity contribution in [3.05, 3.63) is 33.8 Å². The van der Waals surface area contributed by atoms with Gasteiger partial charge in [-0.3, -0.25) is 14.4 Å². The van der Waals surface area contributed by atoms with Gasteiger partial charge in [-0.15, -0.1) is 0 Å². The second-order valence-corrected chi connectivity index (χ2v) is 7.16. The highest BCUT2D eigenvalue weighted by Gasteiger charge is 2.44. The van der Waals surface area contributed by atoms with Crippen molar-refractivity contribution in [2.45, 2.75) is 52.4 Å². The summed E-state index contributed by atoms with van der Waals surface area (Å²) in [7, 11) is 1.33. The Balaban J connectivity index is 2.17. The van der Waals surface area contributed by atoms with Crippen molar-refractivity contribution in [1.29, 1.82) is 0 Å². The largest absolute Gasteiger partial charge is 0.469 e. The van der Waals surface area contributed by atoms with E-state index in [0.29, 0.717) is 30.7 Å². The summed E-state index contributed by atoms with van der Waals surface area (Å²) in [6.45, 7) is 3.85. The molecular weight excluding hydrogens is 328 g/mol. The van der Waals surface area contributed by atoms with E-state index >= 15 is 0 Å². The molecule has 1 aromatic carbocycles. The summed E-state index contributed by atoms with van der Waals surface area (Å²) in [5.41, 5.74) is 2.04. The van der Waals surface area contributed by atoms with E-state index in [1.807, 2.05) is 26.0 Å². The number of esters is 1. The van der Waals surface area contributed by atoms with Crippen LogP contribution in [-0.2, 0) is 25.5 Å². The normalized spacial score (nSPS) is 16.8. The summed E-state index contributed by atoms with van der Waals surface area (Å²) in [6.07, 6.45) is 1.84. The molecule has 1 aromatic rings. The number of halogens is 1. The lowest BCUT2D eigenvalue weighted by Crippen LogP contribution is -2.39. The van der Waals surface area contributed by atoms with Crippen molar-refractivity contribution < 1.29 is 19.1 Å². The van der Waals surface area contributed by atoms with E-state index in [9.17, 15) is 14.4 Å². The van der Waals surface area contributed by atoms with Crippen LogP contribution in [0, 0.1) is 19.3 Å². The average Bonchev–Trinajstić information content (AvgIpc) is 2.52. The van der Waals surface area contributed by atoms with Crippen LogP contribution < -0.4 is 0 Å². The monoisotopic (exact) mass is 350 g/mol. The van der Waals surface area contributed by atoms with Gasteiger partial charge in [0.15, 0.2) is 0 Å². The quantitative estimate of drug-likeness (QED) is 0.758. The molecule has 0 amide bonds. The zero-order valence-corrected chi connectivity index (χ0v) is 15.2. The van der Waals surface area contributed by atoms with Gasteiger partial charge in [-0.05, 0) is 55.5 Å². The topological polar surface area (TPSA) is 60.4 Å². The maximum Gasteiger partial charge on any atom is 0.312 e. The number of hydrogen-bond donors (Lipinski definition) is 0. The van der Waals surface area contributed by atoms with E-state index < -0.39 is 5.41 Å². The third-order valence-corrected chi connectivity index (χ3v) is 5.17. The number of ether oxygens (including phenoxy) is 1. The minimum absolute atomic E-state index is 0.0109. The Bertz CT molecular complexity index is 645. The maximum atomic E-state index is 12.7. The first-order valence-electron chi connectivity index (χ1n) is 8.15. The molecule has 0 aromatic heterocycles. The van der Waals surface area contributed by atoms with Crippen LogP contribution in [0.15, 0.2) is 12.1 Å². The minimum Gasteiger partial charge on any atom is -0.469 e. The van der Waals surface area contributed by atoms with Crippen LogP contribution in [0.2, 0.25) is 5.02 Å². The molecule has 0 bridgehead atoms. The highest BCUT2D eigenvalue weighted by atomic mass is 35.5. The van der Waals surface area contributed by atoms with Crippen LogP contribution in [0.4, 0.5) is 0 Å². The van der Waals surface area contributed by atoms with E-state index in [4.69, 9.17) is 16.3 Å². The van der Waals surface area contributed by atoms with Gasteiger partial charge in [0.1, 0.15) is 11.6 Å². The van der Waals surface area contributed by atoms with E-state index in [1.54, 1.807) is 0 Å². The number of Topliss-reactive ketones (excluding diaryl/α,β-unsaturated/α-hetero) is 2. The highest BCUT2D eigenvalue weighted by Crippen LogP contribution is 2.40. The van der Waals surface area contributed by atoms with Gasteiger partial charge in [0.2, 0.25) is 0 Å². The molecule has 130 valence electrons. The van der Waals surface area contributed by atoms with E-state index in [0.717, 1.165) is 16.7 Å². The summed E-state index contributed by atoms with van der Waals surface area (Å²) in [5, 5.41) is 0.651. The van der Waals surface area contributed by atoms with Crippen LogP contribution in [0.1, 0.15) is 48.8 Å². The first-order chi connectivity index (χ1) is 11.3. The number of ketones is 2. The molecule has 2 rings (SSSR count). The summed E-state index contributed by atoms with van der Waals surface area (Å²) >= 11 is 6.03. The van der Waals surface area contributed by atoms with E-state index in [2.05, 4.69) is 0 Å². The second kappa shape index (κ2) is 7.47. The number of methoxy groups -OCH3 is 1. The van der Waals surface area contributed by atoms with Gasteiger partial charge in [-0.2, -0.15) is 0 Å². The lowest BCUT2D eigenvalue weighted by atomic mass is 9.70. The fraction of sp³-hybridized carbons (Fsp3) is 0.526. The maximum absolute atomic E-state index is 12.7. The summed E-state index contributed by atoms with van der Waals surface area (Å²) in [6, 6.07) is 3.68. The van der Waals surface area contributed by atoms with Crippen molar-refractivity contribution in [2.75, 3.05) is 7.11 Å². The van der Waals surface area contributed by atoms with Crippen molar-refractivity contribution >= 4 is 29.1 Å². The van der Waals surface area contributed by atoms with Gasteiger partial charge >= 0.3 is 5.97 Å². The van der Waals surface area contributed by atoms with E-state index in [1.165, 1.54) is 7.11 Å². The summed E-state index contributed by atoms with van der Waals surface area (Å²) in [4.78, 5) is 36.4. The van der Waals surface area contributed by atoms with E-state index in [-0.39, 0.29) is 30.4 Å². The Morgan fingerprint density at radius 2 is 1.71 bits per heavy atom. The molecule has 0 spiro atoms. The lowest BCUT2D eigenvalue weighted by Gasteiger charge is -2.33. The number of benzene rings is 1. The molecule has 4 nitrogen and oxygen atoms in total. The molecule has 1 aliphatic carbocycles. The number of rotatable bonds is 5. The molecule has 5 heteroatoms. The molecule has 0 radical (unpaired) electrons. The first kappa shape index (κ1) is 18.7. The van der Waals surface area contributed by atoms with Crippen LogP contribution in [0.3, 0.4) is 0 Å². The van der Waals surface area contributed by atoms with Gasteiger partial charge in [-0.1, -0.05) is 11.6 Å². The smallest absolute Gasteiger partial charge is 0.312 e. The zero-order chi connectivity index (χ0) is 17.9. The van der Waals surface area contributed by atoms with Gasteiger partial charge in [-0.25, -0.2) is 0 Å². The lowest BCUT2D eigenvalue weighted by molar-refractivity contribution is -0.158. The summed E-state index contributed by atoms with van der Waals surface area (Å²) < 4.78 is 4.92. The molecule has 1 fully saturated rings. The molecule has 1 aliphatic rings. The Hall–Kier alpha value is -1.68. The first-order valence-corrected chi connectivity index (χ1v) is 8.52. The molecule has 1 saturated carbocycles. The predicted molar refractivity (Wildman–Crippen MR) is 92.2 cm³/mol. The number of carbonyl (C=O) groups excluding carboxylic acids is 3. The molecule has 0 saturated heterocycles. The van der Waals surface area contributed by atoms with Gasteiger partial charge in [0, 0.05) is 30.7 Å². The standard InChI is InChI=1S/C19H23ClO4/c1-12-8-14(20)9-13(2)17(12)10-16(22)11-19(18(23)24-3)6-4-15(21)5-7-19/h8-9H,4-7,10-11H2,1-3H3. The Kier molecular flexibility index (Phi) is 5.81. The van der Waals surface area contributed by atoms with Crippen molar-refractivity contribution in [1.82, 2.24) is 0 Å². The molecule has 0 unspecified atom stereocenters. The van der Waals surface area contributed by atoms with Gasteiger partial charge in [0.05, 0.1) is 12.5 Å². The molecule has 0 heterocycles. The average molecular weight is 351 g/mol. The van der Waals surface area contributed by atoms with Crippen LogP contribution in [-0.4, -0.2) is 24.6 Å². The van der Waals surface area contributed by atoms with Crippen LogP contribution in [0.25, 0.3) is 0 Å². The minimum atomic E-state index is -0.853. The van der Waals surface area contributed by atoms with Crippen molar-refractivity contribution in [3.8, 4) is 0 Å². The molecule has 0 atom stereocenters. The van der Waals surface area contributed by atoms with Crippen LogP contribution >= 0.6 is 11.6 Å². The fourth-order valence-corrected chi connectivity index (χ4v) is 3.86. The number of hydrogen-bond acceptors (Lipinski definition) is 4. The Morgan fingerprint density at radius 1 is 1.17 bits per heavy atom. The number of aryl methyl sites for hydroxylation is 2. The van der Waals surface area contributed by atoms with Crippen molar-refractivity contribution in [2.24, 2.45) is 5.41 Å². The highest BCUT2D eigenvalue weighted by molar-refractivity contribution is 6.30. The SMILES string of the molecule is COC(=O)C1(CC(=O)Cc2c(C)cc(Cl)cc2C)CCC(=O)CC1. The zero-order valence-electron chi connectivity index (χ0n) is 14.4. The fourth-order valence-electron chi connectivity index (χ4n) is 3.53. The predicted octanol–water partition coefficient (Wildman–Crippen LogP) is 3.76. The molecular formula is C19H23ClO4. The van der Waals surface area contributed by atoms with Gasteiger partial charge < -0.3 is 4.74 Å². The molecule has 0 aliphatic heterocycles. The summed E-state index contributed by atoms with van der Waals surface area (Å²) in [5.74, 6) is -0.248. The van der Waals surface area contributed by atoms with Gasteiger partial charge in [0.25, 0.3) is 0 Å².